The Balaban J connectivity index is 1.76. The van der Waals surface area contributed by atoms with Gasteiger partial charge in [0.1, 0.15) is 5.65 Å². The van der Waals surface area contributed by atoms with Crippen molar-refractivity contribution in [3.05, 3.63) is 35.8 Å². The van der Waals surface area contributed by atoms with Crippen LogP contribution < -0.4 is 0 Å². The molecule has 1 aliphatic rings. The molecule has 0 N–H and O–H groups in total. The van der Waals surface area contributed by atoms with Crippen LogP contribution >= 0.6 is 0 Å². The number of aryl methyl sites for hydroxylation is 1. The highest BCUT2D eigenvalue weighted by Gasteiger charge is 2.31. The van der Waals surface area contributed by atoms with Gasteiger partial charge < -0.3 is 13.9 Å². The van der Waals surface area contributed by atoms with E-state index in [0.29, 0.717) is 13.1 Å². The van der Waals surface area contributed by atoms with Gasteiger partial charge in [-0.25, -0.2) is 9.78 Å². The highest BCUT2D eigenvalue weighted by atomic mass is 16.6. The number of imidazole rings is 1. The van der Waals surface area contributed by atoms with Gasteiger partial charge in [-0.15, -0.1) is 0 Å². The minimum Gasteiger partial charge on any atom is -0.467 e. The third-order valence-corrected chi connectivity index (χ3v) is 3.93. The average Bonchev–Trinajstić information content (AvgIpc) is 2.89. The molecule has 1 saturated heterocycles. The predicted octanol–water partition coefficient (Wildman–Crippen LogP) is 1.41. The zero-order chi connectivity index (χ0) is 15.7. The highest BCUT2D eigenvalue weighted by Crippen LogP contribution is 2.16. The number of ether oxygens (including phenoxy) is 2. The molecule has 118 valence electrons. The van der Waals surface area contributed by atoms with E-state index in [-0.39, 0.29) is 12.1 Å². The van der Waals surface area contributed by atoms with E-state index in [9.17, 15) is 4.79 Å². The molecule has 0 unspecified atom stereocenters. The molecule has 22 heavy (non-hydrogen) atoms. The summed E-state index contributed by atoms with van der Waals surface area (Å²) in [6, 6.07) is 6.06. The maximum absolute atomic E-state index is 11.7. The second kappa shape index (κ2) is 6.06. The topological polar surface area (TPSA) is 56.1 Å². The number of esters is 1. The monoisotopic (exact) mass is 303 g/mol. The first-order valence-corrected chi connectivity index (χ1v) is 7.46. The molecule has 0 radical (unpaired) electrons. The molecule has 0 aliphatic carbocycles. The molecule has 0 bridgehead atoms. The number of fused-ring (bicyclic) bond motifs is 1. The first-order valence-electron chi connectivity index (χ1n) is 7.46. The molecule has 0 aromatic carbocycles. The molecule has 2 aromatic heterocycles. The summed E-state index contributed by atoms with van der Waals surface area (Å²) in [6.45, 7) is 6.03. The number of pyridine rings is 1. The molecule has 6 nitrogen and oxygen atoms in total. The fraction of sp³-hybridized carbons (Fsp3) is 0.500. The van der Waals surface area contributed by atoms with Crippen molar-refractivity contribution in [2.24, 2.45) is 0 Å². The number of nitrogens with zero attached hydrogens (tertiary/aromatic N) is 3. The van der Waals surface area contributed by atoms with Gasteiger partial charge in [0.15, 0.2) is 6.10 Å². The number of carbonyl (C=O) groups excluding carboxylic acids is 1. The number of aromatic nitrogens is 2. The Kier molecular flexibility index (Phi) is 4.13. The van der Waals surface area contributed by atoms with E-state index < -0.39 is 6.10 Å². The Morgan fingerprint density at radius 1 is 1.45 bits per heavy atom. The number of methoxy groups -OCH3 is 1. The number of hydrogen-bond acceptors (Lipinski definition) is 5. The normalized spacial score (nSPS) is 22.9. The van der Waals surface area contributed by atoms with Crippen molar-refractivity contribution in [1.29, 1.82) is 0 Å². The number of carbonyl (C=O) groups is 1. The lowest BCUT2D eigenvalue weighted by Crippen LogP contribution is -2.49. The first kappa shape index (κ1) is 15.0. The Morgan fingerprint density at radius 3 is 3.00 bits per heavy atom. The van der Waals surface area contributed by atoms with Crippen molar-refractivity contribution in [3.8, 4) is 0 Å². The maximum Gasteiger partial charge on any atom is 0.336 e. The summed E-state index contributed by atoms with van der Waals surface area (Å²) < 4.78 is 12.5. The van der Waals surface area contributed by atoms with E-state index in [1.807, 2.05) is 19.1 Å². The van der Waals surface area contributed by atoms with E-state index >= 15 is 0 Å². The molecule has 0 saturated carbocycles. The van der Waals surface area contributed by atoms with Crippen LogP contribution in [0.2, 0.25) is 0 Å². The lowest BCUT2D eigenvalue weighted by atomic mass is 10.2. The zero-order valence-corrected chi connectivity index (χ0v) is 13.2. The average molecular weight is 303 g/mol. The lowest BCUT2D eigenvalue weighted by molar-refractivity contribution is -0.166. The summed E-state index contributed by atoms with van der Waals surface area (Å²) in [4.78, 5) is 18.5. The van der Waals surface area contributed by atoms with Gasteiger partial charge in [0.2, 0.25) is 0 Å². The second-order valence-corrected chi connectivity index (χ2v) is 5.78. The van der Waals surface area contributed by atoms with Crippen LogP contribution in [0.5, 0.6) is 0 Å². The van der Waals surface area contributed by atoms with E-state index in [2.05, 4.69) is 33.5 Å². The van der Waals surface area contributed by atoms with Crippen LogP contribution in [0.4, 0.5) is 0 Å². The fourth-order valence-corrected chi connectivity index (χ4v) is 2.93. The molecule has 3 heterocycles. The molecule has 1 fully saturated rings. The Labute approximate surface area is 129 Å². The summed E-state index contributed by atoms with van der Waals surface area (Å²) in [5, 5.41) is 0. The van der Waals surface area contributed by atoms with Gasteiger partial charge >= 0.3 is 5.97 Å². The van der Waals surface area contributed by atoms with E-state index in [1.165, 1.54) is 7.11 Å². The minimum atomic E-state index is -0.521. The SMILES string of the molecule is COC(=O)[C@@H]1CN(Cc2cn3c(C)cccc3n2)C[C@@H](C)O1. The van der Waals surface area contributed by atoms with Crippen molar-refractivity contribution in [2.45, 2.75) is 32.6 Å². The van der Waals surface area contributed by atoms with E-state index in [4.69, 9.17) is 9.47 Å². The van der Waals surface area contributed by atoms with Crippen LogP contribution in [0.25, 0.3) is 5.65 Å². The van der Waals surface area contributed by atoms with Crippen LogP contribution in [0.1, 0.15) is 18.3 Å². The largest absolute Gasteiger partial charge is 0.467 e. The Bertz CT molecular complexity index is 682. The van der Waals surface area contributed by atoms with Crippen LogP contribution in [-0.4, -0.2) is 52.7 Å². The van der Waals surface area contributed by atoms with Crippen molar-refractivity contribution < 1.29 is 14.3 Å². The molecular weight excluding hydrogens is 282 g/mol. The summed E-state index contributed by atoms with van der Waals surface area (Å²) in [5.74, 6) is -0.317. The molecule has 1 aliphatic heterocycles. The number of rotatable bonds is 3. The highest BCUT2D eigenvalue weighted by molar-refractivity contribution is 5.75. The van der Waals surface area contributed by atoms with Gasteiger partial charge in [0, 0.05) is 31.5 Å². The molecule has 0 spiro atoms. The van der Waals surface area contributed by atoms with Gasteiger partial charge in [0.05, 0.1) is 18.9 Å². The molecule has 6 heteroatoms. The summed E-state index contributed by atoms with van der Waals surface area (Å²) >= 11 is 0. The second-order valence-electron chi connectivity index (χ2n) is 5.78. The van der Waals surface area contributed by atoms with Crippen LogP contribution in [0, 0.1) is 6.92 Å². The van der Waals surface area contributed by atoms with Crippen LogP contribution in [0.15, 0.2) is 24.4 Å². The zero-order valence-electron chi connectivity index (χ0n) is 13.2. The van der Waals surface area contributed by atoms with Crippen molar-refractivity contribution in [3.63, 3.8) is 0 Å². The van der Waals surface area contributed by atoms with Crippen molar-refractivity contribution in [1.82, 2.24) is 14.3 Å². The van der Waals surface area contributed by atoms with Gasteiger partial charge in [-0.05, 0) is 26.0 Å². The third-order valence-electron chi connectivity index (χ3n) is 3.93. The molecule has 2 aromatic rings. The van der Waals surface area contributed by atoms with Crippen molar-refractivity contribution >= 4 is 11.6 Å². The quantitative estimate of drug-likeness (QED) is 0.802. The summed E-state index contributed by atoms with van der Waals surface area (Å²) in [7, 11) is 1.39. The first-order chi connectivity index (χ1) is 10.6. The van der Waals surface area contributed by atoms with Crippen molar-refractivity contribution in [2.75, 3.05) is 20.2 Å². The Morgan fingerprint density at radius 2 is 2.27 bits per heavy atom. The maximum atomic E-state index is 11.7. The fourth-order valence-electron chi connectivity index (χ4n) is 2.93. The molecule has 0 amide bonds. The van der Waals surface area contributed by atoms with E-state index in [0.717, 1.165) is 23.6 Å². The predicted molar refractivity (Wildman–Crippen MR) is 81.6 cm³/mol. The summed E-state index contributed by atoms with van der Waals surface area (Å²) in [5.41, 5.74) is 3.09. The number of morpholine rings is 1. The number of hydrogen-bond donors (Lipinski definition) is 0. The van der Waals surface area contributed by atoms with Crippen LogP contribution in [0.3, 0.4) is 0 Å². The standard InChI is InChI=1S/C16H21N3O3/c1-11-5-4-6-15-17-13(9-19(11)15)8-18-7-12(2)22-14(10-18)16(20)21-3/h4-6,9,12,14H,7-8,10H2,1-3H3/t12-,14+/m1/s1. The van der Waals surface area contributed by atoms with Gasteiger partial charge in [-0.2, -0.15) is 0 Å². The van der Waals surface area contributed by atoms with Gasteiger partial charge in [0.25, 0.3) is 0 Å². The molecule has 3 rings (SSSR count). The third kappa shape index (κ3) is 2.98. The molecular formula is C16H21N3O3. The summed E-state index contributed by atoms with van der Waals surface area (Å²) in [6.07, 6.45) is 1.53. The Hall–Kier alpha value is -1.92. The van der Waals surface area contributed by atoms with E-state index in [1.54, 1.807) is 0 Å². The van der Waals surface area contributed by atoms with Gasteiger partial charge in [-0.1, -0.05) is 6.07 Å². The lowest BCUT2D eigenvalue weighted by Gasteiger charge is -2.34. The van der Waals surface area contributed by atoms with Gasteiger partial charge in [-0.3, -0.25) is 4.90 Å². The smallest absolute Gasteiger partial charge is 0.336 e. The minimum absolute atomic E-state index is 0.00313. The molecule has 2 atom stereocenters. The van der Waals surface area contributed by atoms with Crippen LogP contribution in [-0.2, 0) is 20.8 Å².